The molecule has 0 amide bonds. The molecule has 0 unspecified atom stereocenters. The summed E-state index contributed by atoms with van der Waals surface area (Å²) >= 11 is 5.71. The van der Waals surface area contributed by atoms with Crippen LogP contribution in [0.15, 0.2) is 18.2 Å². The summed E-state index contributed by atoms with van der Waals surface area (Å²) in [5.74, 6) is 0. The Morgan fingerprint density at radius 2 is 2.08 bits per heavy atom. The van der Waals surface area contributed by atoms with Gasteiger partial charge in [0, 0.05) is 41.9 Å². The van der Waals surface area contributed by atoms with E-state index in [-0.39, 0.29) is 18.6 Å². The van der Waals surface area contributed by atoms with Crippen LogP contribution in [0.1, 0.15) is 10.4 Å². The number of aldehydes is 1. The molecule has 1 N–H and O–H groups in total. The predicted octanol–water partition coefficient (Wildman–Crippen LogP) is 2.19. The van der Waals surface area contributed by atoms with Gasteiger partial charge in [-0.2, -0.15) is 0 Å². The second-order valence-electron chi connectivity index (χ2n) is 2.14. The molecule has 0 atom stereocenters. The van der Waals surface area contributed by atoms with E-state index in [0.717, 1.165) is 12.0 Å². The molecule has 0 aromatic heterocycles. The fraction of sp³-hybridized carbons (Fsp3) is 0.125. The van der Waals surface area contributed by atoms with E-state index in [1.807, 2.05) is 0 Å². The molecule has 0 saturated carbocycles. The third-order valence-corrected chi connectivity index (χ3v) is 1.56. The number of anilines is 1. The quantitative estimate of drug-likeness (QED) is 0.774. The number of nitrogens with one attached hydrogen (secondary N) is 1. The van der Waals surface area contributed by atoms with Gasteiger partial charge in [-0.05, 0) is 18.2 Å². The molecule has 0 saturated heterocycles. The number of carbonyl (C=O) groups is 1. The average Bonchev–Trinajstić information content (AvgIpc) is 2.03. The van der Waals surface area contributed by atoms with Gasteiger partial charge >= 0.3 is 0 Å². The van der Waals surface area contributed by atoms with Crippen LogP contribution in [0.4, 0.5) is 5.69 Å². The van der Waals surface area contributed by atoms with Crippen LogP contribution in [-0.4, -0.2) is 13.3 Å². The summed E-state index contributed by atoms with van der Waals surface area (Å²) in [7, 11) is 1.78. The van der Waals surface area contributed by atoms with E-state index in [4.69, 9.17) is 11.6 Å². The molecule has 0 aliphatic heterocycles. The van der Waals surface area contributed by atoms with E-state index >= 15 is 0 Å². The molecule has 0 spiro atoms. The Bertz CT molecular complexity index is 278. The van der Waals surface area contributed by atoms with Gasteiger partial charge in [0.05, 0.1) is 0 Å². The molecule has 1 aromatic carbocycles. The van der Waals surface area contributed by atoms with Crippen molar-refractivity contribution in [1.29, 1.82) is 0 Å². The maximum Gasteiger partial charge on any atom is 0.150 e. The first-order chi connectivity index (χ1) is 5.26. The monoisotopic (exact) mass is 220 g/mol. The van der Waals surface area contributed by atoms with Crippen molar-refractivity contribution >= 4 is 23.6 Å². The summed E-state index contributed by atoms with van der Waals surface area (Å²) in [6.07, 6.45) is 0.771. The second-order valence-corrected chi connectivity index (χ2v) is 2.58. The third-order valence-electron chi connectivity index (χ3n) is 1.34. The summed E-state index contributed by atoms with van der Waals surface area (Å²) in [5.41, 5.74) is 1.43. The molecule has 1 radical (unpaired) electrons. The van der Waals surface area contributed by atoms with Crippen LogP contribution >= 0.6 is 11.6 Å². The van der Waals surface area contributed by atoms with Gasteiger partial charge in [-0.1, -0.05) is 11.6 Å². The van der Waals surface area contributed by atoms with Crippen LogP contribution in [0.25, 0.3) is 0 Å². The van der Waals surface area contributed by atoms with Gasteiger partial charge in [0.25, 0.3) is 0 Å². The smallest absolute Gasteiger partial charge is 0.150 e. The van der Waals surface area contributed by atoms with Gasteiger partial charge in [-0.3, -0.25) is 4.79 Å². The summed E-state index contributed by atoms with van der Waals surface area (Å²) < 4.78 is 0. The molecule has 0 aliphatic carbocycles. The molecule has 4 heteroatoms. The first kappa shape index (κ1) is 11.6. The predicted molar refractivity (Wildman–Crippen MR) is 46.4 cm³/mol. The van der Waals surface area contributed by atoms with Crippen molar-refractivity contribution < 1.29 is 23.4 Å². The number of carbonyl (C=O) groups excluding carboxylic acids is 1. The maximum atomic E-state index is 10.3. The summed E-state index contributed by atoms with van der Waals surface area (Å²) in [4.78, 5) is 10.3. The van der Waals surface area contributed by atoms with E-state index in [0.29, 0.717) is 10.6 Å². The Morgan fingerprint density at radius 3 is 2.58 bits per heavy atom. The molecule has 0 bridgehead atoms. The van der Waals surface area contributed by atoms with Crippen molar-refractivity contribution in [2.75, 3.05) is 12.4 Å². The van der Waals surface area contributed by atoms with E-state index < -0.39 is 0 Å². The molecule has 0 heterocycles. The van der Waals surface area contributed by atoms with E-state index in [1.165, 1.54) is 0 Å². The Balaban J connectivity index is 0.00000121. The zero-order chi connectivity index (χ0) is 8.27. The SMILES string of the molecule is CNc1cc(Cl)cc(C=O)c1.[V]. The molecular formula is C8H8ClNOV. The summed E-state index contributed by atoms with van der Waals surface area (Å²) in [6, 6.07) is 5.11. The van der Waals surface area contributed by atoms with Crippen molar-refractivity contribution in [1.82, 2.24) is 0 Å². The Hall–Kier alpha value is -0.436. The largest absolute Gasteiger partial charge is 0.388 e. The zero-order valence-electron chi connectivity index (χ0n) is 6.54. The Morgan fingerprint density at radius 1 is 1.42 bits per heavy atom. The molecule has 12 heavy (non-hydrogen) atoms. The van der Waals surface area contributed by atoms with Gasteiger partial charge in [0.1, 0.15) is 6.29 Å². The number of hydrogen-bond donors (Lipinski definition) is 1. The summed E-state index contributed by atoms with van der Waals surface area (Å²) in [5, 5.41) is 3.47. The molecule has 63 valence electrons. The fourth-order valence-corrected chi connectivity index (χ4v) is 1.07. The number of benzene rings is 1. The minimum atomic E-state index is 0. The van der Waals surface area contributed by atoms with E-state index in [1.54, 1.807) is 25.2 Å². The minimum absolute atomic E-state index is 0. The summed E-state index contributed by atoms with van der Waals surface area (Å²) in [6.45, 7) is 0. The molecule has 1 rings (SSSR count). The van der Waals surface area contributed by atoms with E-state index in [9.17, 15) is 4.79 Å². The van der Waals surface area contributed by atoms with Crippen LogP contribution < -0.4 is 5.32 Å². The molecular weight excluding hydrogens is 212 g/mol. The van der Waals surface area contributed by atoms with Crippen LogP contribution in [0.2, 0.25) is 5.02 Å². The van der Waals surface area contributed by atoms with Crippen LogP contribution in [0, 0.1) is 0 Å². The minimum Gasteiger partial charge on any atom is -0.388 e. The van der Waals surface area contributed by atoms with Crippen molar-refractivity contribution in [2.45, 2.75) is 0 Å². The first-order valence-electron chi connectivity index (χ1n) is 3.20. The average molecular weight is 221 g/mol. The van der Waals surface area contributed by atoms with Crippen molar-refractivity contribution in [3.63, 3.8) is 0 Å². The topological polar surface area (TPSA) is 29.1 Å². The van der Waals surface area contributed by atoms with Gasteiger partial charge < -0.3 is 5.32 Å². The number of hydrogen-bond acceptors (Lipinski definition) is 2. The fourth-order valence-electron chi connectivity index (χ4n) is 0.825. The van der Waals surface area contributed by atoms with Crippen LogP contribution in [0.3, 0.4) is 0 Å². The molecule has 1 aromatic rings. The second kappa shape index (κ2) is 5.25. The standard InChI is InChI=1S/C8H8ClNO.V/c1-10-8-3-6(5-11)2-7(9)4-8;/h2-5,10H,1H3;. The third kappa shape index (κ3) is 2.90. The normalized spacial score (nSPS) is 8.50. The van der Waals surface area contributed by atoms with Crippen LogP contribution in [-0.2, 0) is 18.6 Å². The van der Waals surface area contributed by atoms with Gasteiger partial charge in [-0.25, -0.2) is 0 Å². The van der Waals surface area contributed by atoms with Crippen molar-refractivity contribution in [3.05, 3.63) is 28.8 Å². The van der Waals surface area contributed by atoms with Crippen LogP contribution in [0.5, 0.6) is 0 Å². The molecule has 0 fully saturated rings. The number of rotatable bonds is 2. The van der Waals surface area contributed by atoms with Gasteiger partial charge in [0.2, 0.25) is 0 Å². The number of halogens is 1. The molecule has 0 aliphatic rings. The Kier molecular flexibility index (Phi) is 5.06. The zero-order valence-corrected chi connectivity index (χ0v) is 8.70. The Labute approximate surface area is 88.2 Å². The van der Waals surface area contributed by atoms with Crippen molar-refractivity contribution in [2.24, 2.45) is 0 Å². The van der Waals surface area contributed by atoms with Gasteiger partial charge in [-0.15, -0.1) is 0 Å². The first-order valence-corrected chi connectivity index (χ1v) is 3.57. The van der Waals surface area contributed by atoms with Gasteiger partial charge in [0.15, 0.2) is 0 Å². The molecule has 2 nitrogen and oxygen atoms in total. The maximum absolute atomic E-state index is 10.3. The van der Waals surface area contributed by atoms with Crippen molar-refractivity contribution in [3.8, 4) is 0 Å². The van der Waals surface area contributed by atoms with E-state index in [2.05, 4.69) is 5.32 Å².